The Morgan fingerprint density at radius 3 is 2.78 bits per heavy atom. The molecule has 0 unspecified atom stereocenters. The molecule has 92 valence electrons. The SMILES string of the molecule is COc1ccc(Nc2ncccc2C(=O)O)cn1. The highest BCUT2D eigenvalue weighted by atomic mass is 16.5. The third kappa shape index (κ3) is 2.54. The topological polar surface area (TPSA) is 84.3 Å². The number of nitrogens with zero attached hydrogens (tertiary/aromatic N) is 2. The van der Waals surface area contributed by atoms with Crippen LogP contribution in [0.4, 0.5) is 11.5 Å². The molecule has 0 saturated heterocycles. The van der Waals surface area contributed by atoms with E-state index in [0.29, 0.717) is 11.6 Å². The number of carboxylic acid groups (broad SMARTS) is 1. The highest BCUT2D eigenvalue weighted by Crippen LogP contribution is 2.19. The lowest BCUT2D eigenvalue weighted by molar-refractivity contribution is 0.0697. The minimum absolute atomic E-state index is 0.105. The van der Waals surface area contributed by atoms with Gasteiger partial charge in [-0.15, -0.1) is 0 Å². The van der Waals surface area contributed by atoms with E-state index < -0.39 is 5.97 Å². The molecule has 2 heterocycles. The number of carboxylic acids is 1. The molecule has 2 aromatic heterocycles. The van der Waals surface area contributed by atoms with Crippen LogP contribution in [0.25, 0.3) is 0 Å². The van der Waals surface area contributed by atoms with Gasteiger partial charge in [-0.25, -0.2) is 14.8 Å². The van der Waals surface area contributed by atoms with Gasteiger partial charge in [0.05, 0.1) is 19.0 Å². The van der Waals surface area contributed by atoms with E-state index in [2.05, 4.69) is 15.3 Å². The molecule has 0 fully saturated rings. The maximum absolute atomic E-state index is 11.0. The minimum atomic E-state index is -1.04. The number of anilines is 2. The second-order valence-electron chi connectivity index (χ2n) is 3.42. The monoisotopic (exact) mass is 245 g/mol. The van der Waals surface area contributed by atoms with Crippen molar-refractivity contribution in [3.8, 4) is 5.88 Å². The van der Waals surface area contributed by atoms with Gasteiger partial charge in [0.1, 0.15) is 11.4 Å². The fourth-order valence-electron chi connectivity index (χ4n) is 1.39. The molecule has 0 radical (unpaired) electrons. The van der Waals surface area contributed by atoms with Gasteiger partial charge in [-0.2, -0.15) is 0 Å². The van der Waals surface area contributed by atoms with Crippen LogP contribution in [0.15, 0.2) is 36.7 Å². The van der Waals surface area contributed by atoms with Gasteiger partial charge in [0.25, 0.3) is 0 Å². The zero-order valence-electron chi connectivity index (χ0n) is 9.62. The normalized spacial score (nSPS) is 9.83. The van der Waals surface area contributed by atoms with Gasteiger partial charge < -0.3 is 15.2 Å². The highest BCUT2D eigenvalue weighted by Gasteiger charge is 2.10. The smallest absolute Gasteiger partial charge is 0.339 e. The van der Waals surface area contributed by atoms with Crippen LogP contribution >= 0.6 is 0 Å². The standard InChI is InChI=1S/C12H11N3O3/c1-18-10-5-4-8(7-14-10)15-11-9(12(16)17)3-2-6-13-11/h2-7H,1H3,(H,13,15)(H,16,17). The van der Waals surface area contributed by atoms with Crippen molar-refractivity contribution in [1.82, 2.24) is 9.97 Å². The quantitative estimate of drug-likeness (QED) is 0.856. The Morgan fingerprint density at radius 1 is 1.33 bits per heavy atom. The Kier molecular flexibility index (Phi) is 3.38. The highest BCUT2D eigenvalue weighted by molar-refractivity contribution is 5.93. The largest absolute Gasteiger partial charge is 0.481 e. The van der Waals surface area contributed by atoms with Crippen molar-refractivity contribution in [2.45, 2.75) is 0 Å². The zero-order chi connectivity index (χ0) is 13.0. The number of pyridine rings is 2. The molecule has 0 aliphatic rings. The van der Waals surface area contributed by atoms with E-state index in [1.165, 1.54) is 19.4 Å². The Bertz CT molecular complexity index is 555. The lowest BCUT2D eigenvalue weighted by Gasteiger charge is -2.08. The van der Waals surface area contributed by atoms with Gasteiger partial charge in [0, 0.05) is 12.3 Å². The number of hydrogen-bond donors (Lipinski definition) is 2. The molecular weight excluding hydrogens is 234 g/mol. The molecule has 0 amide bonds. The number of rotatable bonds is 4. The van der Waals surface area contributed by atoms with Crippen LogP contribution in [-0.4, -0.2) is 28.2 Å². The summed E-state index contributed by atoms with van der Waals surface area (Å²) < 4.78 is 4.93. The van der Waals surface area contributed by atoms with E-state index in [9.17, 15) is 4.79 Å². The van der Waals surface area contributed by atoms with Gasteiger partial charge in [-0.3, -0.25) is 0 Å². The molecule has 2 aromatic rings. The first kappa shape index (κ1) is 11.8. The van der Waals surface area contributed by atoms with E-state index in [1.807, 2.05) is 0 Å². The first-order valence-corrected chi connectivity index (χ1v) is 5.16. The van der Waals surface area contributed by atoms with E-state index in [0.717, 1.165) is 0 Å². The van der Waals surface area contributed by atoms with E-state index in [1.54, 1.807) is 24.4 Å². The molecule has 2 N–H and O–H groups in total. The third-order valence-electron chi connectivity index (χ3n) is 2.25. The fourth-order valence-corrected chi connectivity index (χ4v) is 1.39. The summed E-state index contributed by atoms with van der Waals surface area (Å²) in [4.78, 5) is 19.0. The van der Waals surface area contributed by atoms with Crippen LogP contribution in [0.1, 0.15) is 10.4 Å². The molecule has 0 aromatic carbocycles. The fraction of sp³-hybridized carbons (Fsp3) is 0.0833. The van der Waals surface area contributed by atoms with E-state index in [4.69, 9.17) is 9.84 Å². The van der Waals surface area contributed by atoms with E-state index >= 15 is 0 Å². The Labute approximate surface area is 103 Å². The number of aromatic nitrogens is 2. The molecule has 6 nitrogen and oxygen atoms in total. The van der Waals surface area contributed by atoms with Crippen molar-refractivity contribution >= 4 is 17.5 Å². The summed E-state index contributed by atoms with van der Waals surface area (Å²) in [5.74, 6) is -0.274. The molecular formula is C12H11N3O3. The van der Waals surface area contributed by atoms with Gasteiger partial charge >= 0.3 is 5.97 Å². The molecule has 0 aliphatic carbocycles. The van der Waals surface area contributed by atoms with Crippen molar-refractivity contribution in [2.75, 3.05) is 12.4 Å². The summed E-state index contributed by atoms with van der Waals surface area (Å²) in [6, 6.07) is 6.45. The van der Waals surface area contributed by atoms with Gasteiger partial charge in [-0.05, 0) is 18.2 Å². The van der Waals surface area contributed by atoms with E-state index in [-0.39, 0.29) is 11.4 Å². The molecule has 0 saturated carbocycles. The van der Waals surface area contributed by atoms with Crippen molar-refractivity contribution < 1.29 is 14.6 Å². The van der Waals surface area contributed by atoms with Crippen molar-refractivity contribution in [3.05, 3.63) is 42.2 Å². The van der Waals surface area contributed by atoms with Gasteiger partial charge in [0.15, 0.2) is 0 Å². The number of nitrogens with one attached hydrogen (secondary N) is 1. The molecule has 0 atom stereocenters. The number of aromatic carboxylic acids is 1. The summed E-state index contributed by atoms with van der Waals surface area (Å²) in [7, 11) is 1.52. The predicted octanol–water partition coefficient (Wildman–Crippen LogP) is 1.93. The van der Waals surface area contributed by atoms with Crippen LogP contribution in [0.3, 0.4) is 0 Å². The van der Waals surface area contributed by atoms with Crippen LogP contribution in [0.5, 0.6) is 5.88 Å². The summed E-state index contributed by atoms with van der Waals surface area (Å²) in [5.41, 5.74) is 0.741. The second-order valence-corrected chi connectivity index (χ2v) is 3.42. The van der Waals surface area contributed by atoms with Crippen LogP contribution < -0.4 is 10.1 Å². The average molecular weight is 245 g/mol. The number of ether oxygens (including phenoxy) is 1. The first-order chi connectivity index (χ1) is 8.70. The van der Waals surface area contributed by atoms with Gasteiger partial charge in [0.2, 0.25) is 5.88 Å². The molecule has 0 aliphatic heterocycles. The maximum atomic E-state index is 11.0. The lowest BCUT2D eigenvalue weighted by atomic mass is 10.2. The molecule has 6 heteroatoms. The van der Waals surface area contributed by atoms with Crippen molar-refractivity contribution in [1.29, 1.82) is 0 Å². The van der Waals surface area contributed by atoms with Crippen LogP contribution in [0, 0.1) is 0 Å². The van der Waals surface area contributed by atoms with Gasteiger partial charge in [-0.1, -0.05) is 0 Å². The Balaban J connectivity index is 2.25. The Morgan fingerprint density at radius 2 is 2.17 bits per heavy atom. The molecule has 18 heavy (non-hydrogen) atoms. The van der Waals surface area contributed by atoms with Crippen LogP contribution in [0.2, 0.25) is 0 Å². The summed E-state index contributed by atoms with van der Waals surface area (Å²) in [5, 5.41) is 11.9. The number of hydrogen-bond acceptors (Lipinski definition) is 5. The minimum Gasteiger partial charge on any atom is -0.481 e. The summed E-state index contributed by atoms with van der Waals surface area (Å²) in [6.07, 6.45) is 3.06. The first-order valence-electron chi connectivity index (χ1n) is 5.16. The molecule has 0 bridgehead atoms. The zero-order valence-corrected chi connectivity index (χ0v) is 9.62. The van der Waals surface area contributed by atoms with Crippen molar-refractivity contribution in [2.24, 2.45) is 0 Å². The summed E-state index contributed by atoms with van der Waals surface area (Å²) >= 11 is 0. The number of methoxy groups -OCH3 is 1. The molecule has 0 spiro atoms. The predicted molar refractivity (Wildman–Crippen MR) is 65.3 cm³/mol. The van der Waals surface area contributed by atoms with Crippen molar-refractivity contribution in [3.63, 3.8) is 0 Å². The second kappa shape index (κ2) is 5.13. The average Bonchev–Trinajstić information content (AvgIpc) is 2.40. The maximum Gasteiger partial charge on any atom is 0.339 e. The Hall–Kier alpha value is -2.63. The molecule has 2 rings (SSSR count). The third-order valence-corrected chi connectivity index (χ3v) is 2.25. The summed E-state index contributed by atoms with van der Waals surface area (Å²) in [6.45, 7) is 0. The number of carbonyl (C=O) groups is 1. The van der Waals surface area contributed by atoms with Crippen LogP contribution in [-0.2, 0) is 0 Å². The lowest BCUT2D eigenvalue weighted by Crippen LogP contribution is -2.04.